The molecule has 0 unspecified atom stereocenters. The number of methoxy groups -OCH3 is 1. The van der Waals surface area contributed by atoms with Crippen molar-refractivity contribution in [2.45, 2.75) is 25.7 Å². The van der Waals surface area contributed by atoms with Gasteiger partial charge >= 0.3 is 5.97 Å². The van der Waals surface area contributed by atoms with Crippen LogP contribution in [-0.4, -0.2) is 47.4 Å². The Kier molecular flexibility index (Phi) is 6.49. The number of halogens is 1. The second kappa shape index (κ2) is 9.03. The van der Waals surface area contributed by atoms with Gasteiger partial charge in [0.25, 0.3) is 0 Å². The van der Waals surface area contributed by atoms with E-state index in [0.29, 0.717) is 37.6 Å². The number of piperidine rings is 1. The molecule has 1 aliphatic rings. The average molecular weight is 389 g/mol. The fraction of sp³-hybridized carbons (Fsp3) is 0.381. The Morgan fingerprint density at radius 2 is 1.89 bits per heavy atom. The predicted molar refractivity (Wildman–Crippen MR) is 101 cm³/mol. The Hall–Kier alpha value is -2.64. The van der Waals surface area contributed by atoms with Gasteiger partial charge < -0.3 is 19.7 Å². The molecule has 0 saturated carbocycles. The molecule has 1 fully saturated rings. The molecule has 1 aliphatic heterocycles. The highest BCUT2D eigenvalue weighted by Gasteiger charge is 2.33. The molecule has 0 aromatic heterocycles. The van der Waals surface area contributed by atoms with Gasteiger partial charge in [-0.25, -0.2) is 4.39 Å². The number of aliphatic hydroxyl groups excluding tert-OH is 1. The Labute approximate surface area is 163 Å². The van der Waals surface area contributed by atoms with E-state index in [1.165, 1.54) is 12.1 Å². The normalized spacial score (nSPS) is 20.0. The van der Waals surface area contributed by atoms with Crippen LogP contribution in [0.5, 0.6) is 11.5 Å². The number of nitrogens with zero attached hydrogens (tertiary/aromatic N) is 1. The standard InChI is InChI=1S/C21H24FNO5/c1-27-19-7-4-15(11-23-9-8-18(24)17(12-23)21(25)26)10-20(19)28-13-14-2-5-16(22)6-3-14/h2-7,10,17-18,24H,8-9,11-13H2,1H3,(H,25,26)/t17-,18-/m0/s1. The van der Waals surface area contributed by atoms with Gasteiger partial charge in [0.2, 0.25) is 0 Å². The Morgan fingerprint density at radius 3 is 2.57 bits per heavy atom. The highest BCUT2D eigenvalue weighted by Crippen LogP contribution is 2.30. The number of carbonyl (C=O) groups is 1. The topological polar surface area (TPSA) is 79.2 Å². The van der Waals surface area contributed by atoms with Crippen LogP contribution in [0, 0.1) is 11.7 Å². The molecule has 1 heterocycles. The summed E-state index contributed by atoms with van der Waals surface area (Å²) in [5.74, 6) is -0.898. The van der Waals surface area contributed by atoms with Crippen LogP contribution < -0.4 is 9.47 Å². The molecule has 1 saturated heterocycles. The van der Waals surface area contributed by atoms with Crippen molar-refractivity contribution in [1.29, 1.82) is 0 Å². The van der Waals surface area contributed by atoms with E-state index < -0.39 is 18.0 Å². The third-order valence-corrected chi connectivity index (χ3v) is 4.92. The summed E-state index contributed by atoms with van der Waals surface area (Å²) in [4.78, 5) is 13.3. The maximum absolute atomic E-state index is 13.0. The van der Waals surface area contributed by atoms with Gasteiger partial charge in [0, 0.05) is 19.6 Å². The molecule has 0 amide bonds. The molecule has 6 nitrogen and oxygen atoms in total. The quantitative estimate of drug-likeness (QED) is 0.758. The van der Waals surface area contributed by atoms with Gasteiger partial charge in [-0.15, -0.1) is 0 Å². The summed E-state index contributed by atoms with van der Waals surface area (Å²) >= 11 is 0. The predicted octanol–water partition coefficient (Wildman–Crippen LogP) is 2.68. The molecule has 2 atom stereocenters. The van der Waals surface area contributed by atoms with Crippen LogP contribution in [0.2, 0.25) is 0 Å². The van der Waals surface area contributed by atoms with E-state index in [9.17, 15) is 19.4 Å². The van der Waals surface area contributed by atoms with E-state index in [-0.39, 0.29) is 12.4 Å². The summed E-state index contributed by atoms with van der Waals surface area (Å²) in [6, 6.07) is 11.7. The number of rotatable bonds is 7. The van der Waals surface area contributed by atoms with E-state index in [1.54, 1.807) is 19.2 Å². The van der Waals surface area contributed by atoms with Crippen molar-refractivity contribution in [2.24, 2.45) is 5.92 Å². The first-order chi connectivity index (χ1) is 13.5. The van der Waals surface area contributed by atoms with E-state index in [2.05, 4.69) is 0 Å². The fourth-order valence-corrected chi connectivity index (χ4v) is 3.33. The minimum atomic E-state index is -0.977. The van der Waals surface area contributed by atoms with Gasteiger partial charge in [-0.3, -0.25) is 9.69 Å². The summed E-state index contributed by atoms with van der Waals surface area (Å²) in [5.41, 5.74) is 1.79. The smallest absolute Gasteiger partial charge is 0.310 e. The molecule has 28 heavy (non-hydrogen) atoms. The van der Waals surface area contributed by atoms with Crippen molar-refractivity contribution >= 4 is 5.97 Å². The van der Waals surface area contributed by atoms with Crippen LogP contribution in [0.1, 0.15) is 17.5 Å². The van der Waals surface area contributed by atoms with Gasteiger partial charge in [-0.1, -0.05) is 18.2 Å². The summed E-state index contributed by atoms with van der Waals surface area (Å²) in [6.45, 7) is 1.75. The molecule has 3 rings (SSSR count). The van der Waals surface area contributed by atoms with E-state index in [0.717, 1.165) is 11.1 Å². The lowest BCUT2D eigenvalue weighted by molar-refractivity contribution is -0.149. The third kappa shape index (κ3) is 4.99. The molecule has 2 aromatic rings. The number of carboxylic acid groups (broad SMARTS) is 1. The Balaban J connectivity index is 1.68. The number of hydrogen-bond donors (Lipinski definition) is 2. The summed E-state index contributed by atoms with van der Waals surface area (Å²) in [5, 5.41) is 19.1. The zero-order valence-corrected chi connectivity index (χ0v) is 15.7. The maximum Gasteiger partial charge on any atom is 0.310 e. The highest BCUT2D eigenvalue weighted by atomic mass is 19.1. The molecule has 0 spiro atoms. The molecule has 0 radical (unpaired) electrons. The molecular weight excluding hydrogens is 365 g/mol. The molecule has 2 aromatic carbocycles. The molecule has 150 valence electrons. The van der Waals surface area contributed by atoms with Crippen molar-refractivity contribution in [2.75, 3.05) is 20.2 Å². The summed E-state index contributed by atoms with van der Waals surface area (Å²) < 4.78 is 24.2. The van der Waals surface area contributed by atoms with Crippen LogP contribution in [-0.2, 0) is 17.9 Å². The summed E-state index contributed by atoms with van der Waals surface area (Å²) in [6.07, 6.45) is -0.375. The molecule has 0 bridgehead atoms. The maximum atomic E-state index is 13.0. The number of ether oxygens (including phenoxy) is 2. The number of hydrogen-bond acceptors (Lipinski definition) is 5. The van der Waals surface area contributed by atoms with Gasteiger partial charge in [0.1, 0.15) is 12.4 Å². The Bertz CT molecular complexity index is 811. The van der Waals surface area contributed by atoms with Crippen molar-refractivity contribution in [3.8, 4) is 11.5 Å². The van der Waals surface area contributed by atoms with Crippen LogP contribution in [0.15, 0.2) is 42.5 Å². The van der Waals surface area contributed by atoms with Gasteiger partial charge in [0.15, 0.2) is 11.5 Å². The molecule has 7 heteroatoms. The lowest BCUT2D eigenvalue weighted by atomic mass is 9.94. The van der Waals surface area contributed by atoms with Gasteiger partial charge in [-0.2, -0.15) is 0 Å². The van der Waals surface area contributed by atoms with Gasteiger partial charge in [-0.05, 0) is 41.8 Å². The van der Waals surface area contributed by atoms with Gasteiger partial charge in [0.05, 0.1) is 19.1 Å². The van der Waals surface area contributed by atoms with E-state index in [1.807, 2.05) is 23.1 Å². The van der Waals surface area contributed by atoms with Crippen molar-refractivity contribution < 1.29 is 28.9 Å². The largest absolute Gasteiger partial charge is 0.493 e. The lowest BCUT2D eigenvalue weighted by Gasteiger charge is -2.34. The van der Waals surface area contributed by atoms with Crippen LogP contribution in [0.25, 0.3) is 0 Å². The minimum Gasteiger partial charge on any atom is -0.493 e. The number of aliphatic hydroxyl groups is 1. The molecular formula is C21H24FNO5. The Morgan fingerprint density at radius 1 is 1.18 bits per heavy atom. The fourth-order valence-electron chi connectivity index (χ4n) is 3.33. The molecule has 2 N–H and O–H groups in total. The zero-order chi connectivity index (χ0) is 20.1. The first kappa shape index (κ1) is 20.1. The zero-order valence-electron chi connectivity index (χ0n) is 15.7. The lowest BCUT2D eigenvalue weighted by Crippen LogP contribution is -2.46. The van der Waals surface area contributed by atoms with E-state index in [4.69, 9.17) is 9.47 Å². The second-order valence-corrected chi connectivity index (χ2v) is 6.94. The summed E-state index contributed by atoms with van der Waals surface area (Å²) in [7, 11) is 1.56. The van der Waals surface area contributed by atoms with Crippen molar-refractivity contribution in [3.05, 3.63) is 59.4 Å². The third-order valence-electron chi connectivity index (χ3n) is 4.92. The monoisotopic (exact) mass is 389 g/mol. The highest BCUT2D eigenvalue weighted by molar-refractivity contribution is 5.71. The van der Waals surface area contributed by atoms with Crippen molar-refractivity contribution in [1.82, 2.24) is 4.90 Å². The van der Waals surface area contributed by atoms with Crippen LogP contribution in [0.3, 0.4) is 0 Å². The number of carboxylic acids is 1. The number of likely N-dealkylation sites (tertiary alicyclic amines) is 1. The second-order valence-electron chi connectivity index (χ2n) is 6.94. The first-order valence-corrected chi connectivity index (χ1v) is 9.13. The number of benzene rings is 2. The number of aliphatic carboxylic acids is 1. The van der Waals surface area contributed by atoms with Crippen LogP contribution in [0.4, 0.5) is 4.39 Å². The average Bonchev–Trinajstić information content (AvgIpc) is 2.69. The van der Waals surface area contributed by atoms with Crippen LogP contribution >= 0.6 is 0 Å². The SMILES string of the molecule is COc1ccc(CN2CC[C@H](O)[C@@H](C(=O)O)C2)cc1OCc1ccc(F)cc1. The minimum absolute atomic E-state index is 0.275. The van der Waals surface area contributed by atoms with Crippen molar-refractivity contribution in [3.63, 3.8) is 0 Å². The first-order valence-electron chi connectivity index (χ1n) is 9.13. The van der Waals surface area contributed by atoms with E-state index >= 15 is 0 Å². The molecule has 0 aliphatic carbocycles.